The van der Waals surface area contributed by atoms with E-state index in [-0.39, 0.29) is 0 Å². The van der Waals surface area contributed by atoms with Gasteiger partial charge in [0.05, 0.1) is 56.9 Å². The van der Waals surface area contributed by atoms with Crippen LogP contribution in [0.25, 0.3) is 126 Å². The minimum absolute atomic E-state index is 0.758. The smallest absolute Gasteiger partial charge is 0.0886 e. The third kappa shape index (κ3) is 6.34. The van der Waals surface area contributed by atoms with Gasteiger partial charge >= 0.3 is 0 Å². The number of rotatable bonds is 3. The first-order chi connectivity index (χ1) is 29.6. The zero-order valence-electron chi connectivity index (χ0n) is 31.8. The van der Waals surface area contributed by atoms with Crippen molar-refractivity contribution in [1.29, 1.82) is 0 Å². The molecule has 10 nitrogen and oxygen atoms in total. The molecule has 60 heavy (non-hydrogen) atoms. The van der Waals surface area contributed by atoms with E-state index in [1.807, 2.05) is 97.4 Å². The highest BCUT2D eigenvalue weighted by molar-refractivity contribution is 5.93. The third-order valence-corrected chi connectivity index (χ3v) is 10.8. The Bertz CT molecular complexity index is 3300. The second-order valence-electron chi connectivity index (χ2n) is 15.0. The highest BCUT2D eigenvalue weighted by Crippen LogP contribution is 2.33. The van der Waals surface area contributed by atoms with Gasteiger partial charge in [-0.25, -0.2) is 19.9 Å². The van der Waals surface area contributed by atoms with Crippen LogP contribution in [0, 0.1) is 0 Å². The Morgan fingerprint density at radius 1 is 0.300 bits per heavy atom. The summed E-state index contributed by atoms with van der Waals surface area (Å²) in [6.45, 7) is 0. The number of hydrogen-bond donors (Lipinski definition) is 4. The lowest BCUT2D eigenvalue weighted by Crippen LogP contribution is -1.92. The van der Waals surface area contributed by atoms with Crippen LogP contribution in [-0.4, -0.2) is 49.8 Å². The first-order valence-corrected chi connectivity index (χ1v) is 19.7. The molecule has 282 valence electrons. The van der Waals surface area contributed by atoms with Gasteiger partial charge in [-0.2, -0.15) is 0 Å². The van der Waals surface area contributed by atoms with Gasteiger partial charge in [-0.15, -0.1) is 0 Å². The summed E-state index contributed by atoms with van der Waals surface area (Å²) in [4.78, 5) is 43.7. The van der Waals surface area contributed by atoms with E-state index in [1.54, 1.807) is 0 Å². The maximum absolute atomic E-state index is 5.05. The molecule has 0 aromatic carbocycles. The lowest BCUT2D eigenvalue weighted by atomic mass is 10.0. The topological polar surface area (TPSA) is 140 Å². The van der Waals surface area contributed by atoms with Crippen molar-refractivity contribution >= 4 is 92.7 Å². The van der Waals surface area contributed by atoms with Crippen molar-refractivity contribution in [3.8, 4) is 33.6 Å². The molecular formula is C50H32N10. The van der Waals surface area contributed by atoms with Crippen molar-refractivity contribution in [2.75, 3.05) is 0 Å². The molecule has 4 aliphatic rings. The van der Waals surface area contributed by atoms with Crippen molar-refractivity contribution in [2.45, 2.75) is 0 Å². The van der Waals surface area contributed by atoms with E-state index in [4.69, 9.17) is 29.9 Å². The Labute approximate surface area is 342 Å². The lowest BCUT2D eigenvalue weighted by Gasteiger charge is -2.07. The van der Waals surface area contributed by atoms with Crippen LogP contribution in [0.15, 0.2) is 122 Å². The monoisotopic (exact) mass is 772 g/mol. The minimum Gasteiger partial charge on any atom is -0.355 e. The van der Waals surface area contributed by atoms with Crippen LogP contribution in [0.4, 0.5) is 0 Å². The first kappa shape index (κ1) is 33.6. The SMILES string of the molecule is C1=Cc2cc3ccc([nH]3)c(-c3ccc(-c4ccc(-c5c6nc(cc7ccc(cc8nc(cc9ccc5[nH]9)C=C8)[nH]7)C=C6)cn4)nc3)c3nc(cc4ccc(cc1n2)[nH]4)C=C3. The van der Waals surface area contributed by atoms with Gasteiger partial charge in [0.15, 0.2) is 0 Å². The van der Waals surface area contributed by atoms with Crippen LogP contribution in [0.5, 0.6) is 0 Å². The number of nitrogens with one attached hydrogen (secondary N) is 4. The number of aromatic amines is 4. The molecule has 0 aliphatic carbocycles. The molecule has 0 unspecified atom stereocenters. The molecule has 0 saturated carbocycles. The van der Waals surface area contributed by atoms with E-state index in [1.165, 1.54) is 0 Å². The zero-order valence-corrected chi connectivity index (χ0v) is 31.8. The van der Waals surface area contributed by atoms with Gasteiger partial charge < -0.3 is 19.9 Å². The summed E-state index contributed by atoms with van der Waals surface area (Å²) < 4.78 is 0. The summed E-state index contributed by atoms with van der Waals surface area (Å²) in [5.41, 5.74) is 19.9. The van der Waals surface area contributed by atoms with Crippen molar-refractivity contribution < 1.29 is 0 Å². The molecule has 4 N–H and O–H groups in total. The van der Waals surface area contributed by atoms with Crippen molar-refractivity contribution in [1.82, 2.24) is 49.8 Å². The molecule has 8 aromatic heterocycles. The molecule has 10 heteroatoms. The molecule has 0 atom stereocenters. The van der Waals surface area contributed by atoms with Crippen LogP contribution < -0.4 is 0 Å². The summed E-state index contributed by atoms with van der Waals surface area (Å²) in [5, 5.41) is 0. The molecule has 0 radical (unpaired) electrons. The number of nitrogens with zero attached hydrogens (tertiary/aromatic N) is 6. The van der Waals surface area contributed by atoms with Crippen LogP contribution in [0.2, 0.25) is 0 Å². The number of fused-ring (bicyclic) bond motifs is 16. The predicted octanol–water partition coefficient (Wildman–Crippen LogP) is 11.4. The maximum atomic E-state index is 5.05. The Kier molecular flexibility index (Phi) is 7.60. The van der Waals surface area contributed by atoms with Gasteiger partial charge in [0.1, 0.15) is 0 Å². The summed E-state index contributed by atoms with van der Waals surface area (Å²) in [6, 6.07) is 37.0. The minimum atomic E-state index is 0.758. The third-order valence-electron chi connectivity index (χ3n) is 10.8. The molecule has 8 aromatic rings. The van der Waals surface area contributed by atoms with Gasteiger partial charge in [-0.05, 0) is 146 Å². The Morgan fingerprint density at radius 3 is 1.00 bits per heavy atom. The second-order valence-corrected chi connectivity index (χ2v) is 15.0. The predicted molar refractivity (Wildman–Crippen MR) is 243 cm³/mol. The van der Waals surface area contributed by atoms with Crippen LogP contribution in [0.3, 0.4) is 0 Å². The molecule has 0 saturated heterocycles. The molecule has 12 heterocycles. The quantitative estimate of drug-likeness (QED) is 0.141. The number of hydrogen-bond acceptors (Lipinski definition) is 6. The molecule has 0 amide bonds. The largest absolute Gasteiger partial charge is 0.355 e. The fourth-order valence-corrected chi connectivity index (χ4v) is 8.01. The number of H-pyrrole nitrogens is 4. The highest BCUT2D eigenvalue weighted by Gasteiger charge is 2.15. The maximum Gasteiger partial charge on any atom is 0.0886 e. The first-order valence-electron chi connectivity index (χ1n) is 19.7. The fraction of sp³-hybridized carbons (Fsp3) is 0. The molecule has 4 aliphatic heterocycles. The van der Waals surface area contributed by atoms with E-state index >= 15 is 0 Å². The fourth-order valence-electron chi connectivity index (χ4n) is 8.01. The van der Waals surface area contributed by atoms with Crippen LogP contribution in [0.1, 0.15) is 45.6 Å². The number of pyridine rings is 2. The van der Waals surface area contributed by atoms with Crippen molar-refractivity contribution in [2.24, 2.45) is 0 Å². The molecule has 0 spiro atoms. The van der Waals surface area contributed by atoms with E-state index in [2.05, 4.69) is 92.8 Å². The van der Waals surface area contributed by atoms with E-state index in [0.29, 0.717) is 0 Å². The van der Waals surface area contributed by atoms with Crippen molar-refractivity contribution in [3.63, 3.8) is 0 Å². The normalized spacial score (nSPS) is 12.7. The van der Waals surface area contributed by atoms with Gasteiger partial charge in [-0.1, -0.05) is 12.1 Å². The van der Waals surface area contributed by atoms with Crippen LogP contribution in [-0.2, 0) is 0 Å². The molecule has 16 bridgehead atoms. The van der Waals surface area contributed by atoms with E-state index < -0.39 is 0 Å². The van der Waals surface area contributed by atoms with E-state index in [9.17, 15) is 0 Å². The summed E-state index contributed by atoms with van der Waals surface area (Å²) in [6.07, 6.45) is 20.1. The zero-order chi connectivity index (χ0) is 39.6. The lowest BCUT2D eigenvalue weighted by molar-refractivity contribution is 1.24. The Balaban J connectivity index is 0.941. The Hall–Kier alpha value is -8.50. The summed E-state index contributed by atoms with van der Waals surface area (Å²) in [7, 11) is 0. The summed E-state index contributed by atoms with van der Waals surface area (Å²) >= 11 is 0. The van der Waals surface area contributed by atoms with Gasteiger partial charge in [0.25, 0.3) is 0 Å². The number of aromatic nitrogens is 10. The highest BCUT2D eigenvalue weighted by atomic mass is 14.8. The average molecular weight is 773 g/mol. The molecule has 12 rings (SSSR count). The van der Waals surface area contributed by atoms with Crippen LogP contribution >= 0.6 is 0 Å². The van der Waals surface area contributed by atoms with Crippen molar-refractivity contribution in [3.05, 3.63) is 167 Å². The average Bonchev–Trinajstić information content (AvgIpc) is 4.10. The van der Waals surface area contributed by atoms with E-state index in [0.717, 1.165) is 123 Å². The standard InChI is InChI=1S/C50H32N10/c1-15-43(51-27-29(1)49-45-17-11-39(57-45)23-35-7-3-31(53-35)21-32-4-8-36(54-32)24-40-12-18-46(49)58-40)44-16-2-30(28-52-44)50-47-19-13-41(59-47)25-37-9-5-33(55-37)22-34-6-10-38(56-34)26-42-14-20-48(50)60-42/h1-28,53,55,58,60H. The summed E-state index contributed by atoms with van der Waals surface area (Å²) in [5.74, 6) is 0. The molecule has 0 fully saturated rings. The van der Waals surface area contributed by atoms with Gasteiger partial charge in [0, 0.05) is 78.8 Å². The Morgan fingerprint density at radius 2 is 0.633 bits per heavy atom. The van der Waals surface area contributed by atoms with Gasteiger partial charge in [-0.3, -0.25) is 9.97 Å². The van der Waals surface area contributed by atoms with Gasteiger partial charge in [0.2, 0.25) is 0 Å². The molecular weight excluding hydrogens is 741 g/mol. The second kappa shape index (κ2) is 13.6.